The minimum absolute atomic E-state index is 0.0427. The van der Waals surface area contributed by atoms with Crippen LogP contribution in [0.3, 0.4) is 0 Å². The van der Waals surface area contributed by atoms with Crippen molar-refractivity contribution in [2.45, 2.75) is 26.3 Å². The lowest BCUT2D eigenvalue weighted by Crippen LogP contribution is -2.31. The third-order valence-electron chi connectivity index (χ3n) is 4.18. The molecule has 3 aromatic rings. The lowest BCUT2D eigenvalue weighted by atomic mass is 10.0. The molecule has 0 aliphatic carbocycles. The van der Waals surface area contributed by atoms with E-state index < -0.39 is 0 Å². The van der Waals surface area contributed by atoms with Gasteiger partial charge < -0.3 is 10.4 Å². The number of hydrogen-bond donors (Lipinski definition) is 2. The predicted octanol–water partition coefficient (Wildman–Crippen LogP) is 4.52. The monoisotopic (exact) mass is 417 g/mol. The maximum Gasteiger partial charge on any atom is 0.272 e. The van der Waals surface area contributed by atoms with Crippen molar-refractivity contribution in [1.82, 2.24) is 15.1 Å². The van der Waals surface area contributed by atoms with Gasteiger partial charge >= 0.3 is 0 Å². The molecule has 0 radical (unpaired) electrons. The Kier molecular flexibility index (Phi) is 6.39. The quantitative estimate of drug-likeness (QED) is 0.619. The Morgan fingerprint density at radius 3 is 2.43 bits per heavy atom. The molecule has 0 aliphatic heterocycles. The minimum Gasteiger partial charge on any atom is -0.396 e. The summed E-state index contributed by atoms with van der Waals surface area (Å²) in [5.74, 6) is -0.292. The topological polar surface area (TPSA) is 67.2 Å². The summed E-state index contributed by atoms with van der Waals surface area (Å²) >= 11 is 12.5. The summed E-state index contributed by atoms with van der Waals surface area (Å²) in [4.78, 5) is 12.8. The normalized spacial score (nSPS) is 11.1. The summed E-state index contributed by atoms with van der Waals surface area (Å²) in [5, 5.41) is 18.2. The van der Waals surface area contributed by atoms with Crippen LogP contribution in [0.25, 0.3) is 16.9 Å². The Labute approximate surface area is 173 Å². The highest BCUT2D eigenvalue weighted by molar-refractivity contribution is 6.32. The molecular weight excluding hydrogens is 397 g/mol. The molecule has 1 amide bonds. The number of benzene rings is 2. The van der Waals surface area contributed by atoms with Gasteiger partial charge in [0, 0.05) is 35.2 Å². The van der Waals surface area contributed by atoms with E-state index in [4.69, 9.17) is 23.2 Å². The number of nitrogens with one attached hydrogen (secondary N) is 1. The number of aromatic nitrogens is 2. The van der Waals surface area contributed by atoms with Crippen molar-refractivity contribution in [3.8, 4) is 16.9 Å². The Morgan fingerprint density at radius 1 is 1.14 bits per heavy atom. The average molecular weight is 418 g/mol. The molecule has 7 heteroatoms. The van der Waals surface area contributed by atoms with Crippen molar-refractivity contribution in [2.75, 3.05) is 6.61 Å². The Morgan fingerprint density at radius 2 is 1.82 bits per heavy atom. The first kappa shape index (κ1) is 20.4. The molecule has 28 heavy (non-hydrogen) atoms. The van der Waals surface area contributed by atoms with Gasteiger partial charge in [-0.15, -0.1) is 0 Å². The number of para-hydroxylation sites is 1. The second kappa shape index (κ2) is 8.78. The number of halogens is 2. The molecule has 1 aromatic heterocycles. The molecule has 0 spiro atoms. The summed E-state index contributed by atoms with van der Waals surface area (Å²) in [5.41, 5.74) is 3.10. The summed E-state index contributed by atoms with van der Waals surface area (Å²) in [6, 6.07) is 14.5. The number of carbonyl (C=O) groups excluding carboxylic acids is 1. The van der Waals surface area contributed by atoms with Crippen molar-refractivity contribution < 1.29 is 9.90 Å². The van der Waals surface area contributed by atoms with Gasteiger partial charge in [0.15, 0.2) is 5.69 Å². The molecular formula is C21H21Cl2N3O2. The fourth-order valence-corrected chi connectivity index (χ4v) is 3.36. The van der Waals surface area contributed by atoms with Crippen LogP contribution in [0.15, 0.2) is 48.5 Å². The Hall–Kier alpha value is -2.34. The fraction of sp³-hybridized carbons (Fsp3) is 0.238. The van der Waals surface area contributed by atoms with Crippen LogP contribution in [0.1, 0.15) is 29.9 Å². The molecule has 1 heterocycles. The SMILES string of the molecule is CC(C)NC(=O)c1nn(-c2ccccc2Cl)c(-c2ccc(Cl)cc2)c1CCO. The summed E-state index contributed by atoms with van der Waals surface area (Å²) in [7, 11) is 0. The molecule has 0 unspecified atom stereocenters. The van der Waals surface area contributed by atoms with E-state index in [1.54, 1.807) is 22.9 Å². The molecule has 3 rings (SSSR count). The van der Waals surface area contributed by atoms with Crippen molar-refractivity contribution in [1.29, 1.82) is 0 Å². The zero-order valence-electron chi connectivity index (χ0n) is 15.6. The molecule has 0 bridgehead atoms. The van der Waals surface area contributed by atoms with Gasteiger partial charge in [-0.05, 0) is 38.1 Å². The van der Waals surface area contributed by atoms with Crippen LogP contribution in [-0.2, 0) is 6.42 Å². The van der Waals surface area contributed by atoms with E-state index in [1.165, 1.54) is 0 Å². The van der Waals surface area contributed by atoms with E-state index >= 15 is 0 Å². The molecule has 0 atom stereocenters. The van der Waals surface area contributed by atoms with Gasteiger partial charge in [0.1, 0.15) is 0 Å². The molecule has 2 aromatic carbocycles. The largest absolute Gasteiger partial charge is 0.396 e. The molecule has 2 N–H and O–H groups in total. The van der Waals surface area contributed by atoms with Gasteiger partial charge in [0.2, 0.25) is 0 Å². The lowest BCUT2D eigenvalue weighted by molar-refractivity contribution is 0.0936. The van der Waals surface area contributed by atoms with Gasteiger partial charge in [-0.1, -0.05) is 47.5 Å². The number of aliphatic hydroxyl groups is 1. The van der Waals surface area contributed by atoms with Crippen LogP contribution in [0.2, 0.25) is 10.0 Å². The Bertz CT molecular complexity index is 982. The first-order chi connectivity index (χ1) is 13.4. The van der Waals surface area contributed by atoms with E-state index in [1.807, 2.05) is 44.2 Å². The predicted molar refractivity (Wildman–Crippen MR) is 112 cm³/mol. The van der Waals surface area contributed by atoms with Gasteiger partial charge in [-0.25, -0.2) is 4.68 Å². The zero-order valence-corrected chi connectivity index (χ0v) is 17.1. The number of aliphatic hydroxyl groups excluding tert-OH is 1. The van der Waals surface area contributed by atoms with Crippen molar-refractivity contribution in [2.24, 2.45) is 0 Å². The Balaban J connectivity index is 2.29. The highest BCUT2D eigenvalue weighted by Gasteiger charge is 2.25. The number of carbonyl (C=O) groups is 1. The third-order valence-corrected chi connectivity index (χ3v) is 4.75. The minimum atomic E-state index is -0.292. The molecule has 146 valence electrons. The molecule has 0 aliphatic rings. The van der Waals surface area contributed by atoms with Gasteiger partial charge in [-0.2, -0.15) is 5.10 Å². The molecule has 0 saturated carbocycles. The third kappa shape index (κ3) is 4.22. The number of rotatable bonds is 6. The van der Waals surface area contributed by atoms with Crippen LogP contribution in [0, 0.1) is 0 Å². The van der Waals surface area contributed by atoms with E-state index in [0.717, 1.165) is 5.56 Å². The smallest absolute Gasteiger partial charge is 0.272 e. The van der Waals surface area contributed by atoms with E-state index in [-0.39, 0.29) is 30.7 Å². The van der Waals surface area contributed by atoms with E-state index in [9.17, 15) is 9.90 Å². The number of amides is 1. The molecule has 0 saturated heterocycles. The first-order valence-corrected chi connectivity index (χ1v) is 9.72. The van der Waals surface area contributed by atoms with Crippen LogP contribution >= 0.6 is 23.2 Å². The van der Waals surface area contributed by atoms with Crippen molar-refractivity contribution >= 4 is 29.1 Å². The van der Waals surface area contributed by atoms with E-state index in [0.29, 0.717) is 27.0 Å². The van der Waals surface area contributed by atoms with Crippen LogP contribution < -0.4 is 5.32 Å². The summed E-state index contributed by atoms with van der Waals surface area (Å²) in [6.45, 7) is 3.65. The first-order valence-electron chi connectivity index (χ1n) is 8.96. The average Bonchev–Trinajstić information content (AvgIpc) is 3.02. The van der Waals surface area contributed by atoms with Gasteiger partial charge in [-0.3, -0.25) is 4.79 Å². The molecule has 0 fully saturated rings. The second-order valence-corrected chi connectivity index (χ2v) is 7.49. The number of nitrogens with zero attached hydrogens (tertiary/aromatic N) is 2. The van der Waals surface area contributed by atoms with Crippen LogP contribution in [-0.4, -0.2) is 33.4 Å². The molecule has 5 nitrogen and oxygen atoms in total. The summed E-state index contributed by atoms with van der Waals surface area (Å²) < 4.78 is 1.66. The highest BCUT2D eigenvalue weighted by Crippen LogP contribution is 2.33. The zero-order chi connectivity index (χ0) is 20.3. The van der Waals surface area contributed by atoms with Crippen LogP contribution in [0.4, 0.5) is 0 Å². The van der Waals surface area contributed by atoms with Crippen LogP contribution in [0.5, 0.6) is 0 Å². The van der Waals surface area contributed by atoms with Gasteiger partial charge in [0.05, 0.1) is 16.4 Å². The van der Waals surface area contributed by atoms with E-state index in [2.05, 4.69) is 10.4 Å². The fourth-order valence-electron chi connectivity index (χ4n) is 3.01. The maximum atomic E-state index is 12.8. The summed E-state index contributed by atoms with van der Waals surface area (Å²) in [6.07, 6.45) is 0.281. The van der Waals surface area contributed by atoms with Crippen molar-refractivity contribution in [3.63, 3.8) is 0 Å². The maximum absolute atomic E-state index is 12.8. The lowest BCUT2D eigenvalue weighted by Gasteiger charge is -2.11. The standard InChI is InChI=1S/C21H21Cl2N3O2/c1-13(2)24-21(28)19-16(11-12-27)20(14-7-9-15(22)10-8-14)26(25-19)18-6-4-3-5-17(18)23/h3-10,13,27H,11-12H2,1-2H3,(H,24,28). The highest BCUT2D eigenvalue weighted by atomic mass is 35.5. The number of hydrogen-bond acceptors (Lipinski definition) is 3. The second-order valence-electron chi connectivity index (χ2n) is 6.65. The van der Waals surface area contributed by atoms with Gasteiger partial charge in [0.25, 0.3) is 5.91 Å². The van der Waals surface area contributed by atoms with Crippen molar-refractivity contribution in [3.05, 3.63) is 69.8 Å².